The molecule has 100 valence electrons. The van der Waals surface area contributed by atoms with Crippen LogP contribution >= 0.6 is 0 Å². The number of hydrogen-bond acceptors (Lipinski definition) is 3. The van der Waals surface area contributed by atoms with E-state index in [4.69, 9.17) is 11.2 Å². The first-order valence-electron chi connectivity index (χ1n) is 5.95. The maximum Gasteiger partial charge on any atom is 0.324 e. The van der Waals surface area contributed by atoms with Crippen LogP contribution in [0.1, 0.15) is 18.9 Å². The molecule has 1 atom stereocenters. The Hall–Kier alpha value is -2.28. The summed E-state index contributed by atoms with van der Waals surface area (Å²) in [5.74, 6) is 0.223. The van der Waals surface area contributed by atoms with Crippen LogP contribution in [-0.2, 0) is 20.7 Å². The average Bonchev–Trinajstić information content (AvgIpc) is 2.39. The number of carbonyl (C=O) groups excluding carboxylic acids is 1. The lowest BCUT2D eigenvalue weighted by Crippen LogP contribution is -2.42. The molecule has 0 heterocycles. The van der Waals surface area contributed by atoms with E-state index in [9.17, 15) is 14.7 Å². The predicted octanol–water partition coefficient (Wildman–Crippen LogP) is 1.89. The van der Waals surface area contributed by atoms with E-state index in [2.05, 4.69) is 5.92 Å². The highest BCUT2D eigenvalue weighted by Crippen LogP contribution is 2.29. The van der Waals surface area contributed by atoms with Gasteiger partial charge in [-0.05, 0) is 12.5 Å². The van der Waals surface area contributed by atoms with Crippen LogP contribution in [0, 0.1) is 17.8 Å². The number of ether oxygens (including phenoxy) is 1. The lowest BCUT2D eigenvalue weighted by molar-refractivity contribution is -0.168. The Morgan fingerprint density at radius 3 is 2.47 bits per heavy atom. The van der Waals surface area contributed by atoms with Crippen LogP contribution in [-0.4, -0.2) is 23.7 Å². The summed E-state index contributed by atoms with van der Waals surface area (Å²) >= 11 is 0. The van der Waals surface area contributed by atoms with Gasteiger partial charge in [-0.3, -0.25) is 9.59 Å². The summed E-state index contributed by atoms with van der Waals surface area (Å²) in [4.78, 5) is 23.5. The van der Waals surface area contributed by atoms with Gasteiger partial charge >= 0.3 is 11.9 Å². The molecule has 1 N–H and O–H groups in total. The fourth-order valence-electron chi connectivity index (χ4n) is 1.83. The van der Waals surface area contributed by atoms with Crippen molar-refractivity contribution in [2.75, 3.05) is 6.61 Å². The number of terminal acetylenes is 1. The van der Waals surface area contributed by atoms with Gasteiger partial charge in [0.05, 0.1) is 6.61 Å². The van der Waals surface area contributed by atoms with E-state index in [-0.39, 0.29) is 19.4 Å². The van der Waals surface area contributed by atoms with Gasteiger partial charge < -0.3 is 9.84 Å². The number of rotatable bonds is 6. The summed E-state index contributed by atoms with van der Waals surface area (Å²) < 4.78 is 4.88. The van der Waals surface area contributed by atoms with Crippen molar-refractivity contribution in [3.8, 4) is 12.3 Å². The molecule has 4 nitrogen and oxygen atoms in total. The lowest BCUT2D eigenvalue weighted by atomic mass is 9.79. The van der Waals surface area contributed by atoms with Crippen molar-refractivity contribution in [1.29, 1.82) is 0 Å². The van der Waals surface area contributed by atoms with Crippen molar-refractivity contribution in [2.24, 2.45) is 5.41 Å². The summed E-state index contributed by atoms with van der Waals surface area (Å²) in [6.07, 6.45) is 5.04. The topological polar surface area (TPSA) is 63.6 Å². The number of benzene rings is 1. The summed E-state index contributed by atoms with van der Waals surface area (Å²) in [5.41, 5.74) is -0.986. The summed E-state index contributed by atoms with van der Waals surface area (Å²) in [7, 11) is 0. The van der Waals surface area contributed by atoms with Crippen LogP contribution in [0.15, 0.2) is 30.3 Å². The molecule has 0 bridgehead atoms. The first kappa shape index (κ1) is 14.8. The molecular weight excluding hydrogens is 244 g/mol. The first-order valence-corrected chi connectivity index (χ1v) is 5.95. The molecule has 19 heavy (non-hydrogen) atoms. The van der Waals surface area contributed by atoms with Crippen molar-refractivity contribution < 1.29 is 19.4 Å². The Kier molecular flexibility index (Phi) is 5.13. The highest BCUT2D eigenvalue weighted by Gasteiger charge is 2.47. The van der Waals surface area contributed by atoms with Crippen molar-refractivity contribution >= 4 is 11.9 Å². The molecule has 0 fully saturated rings. The average molecular weight is 260 g/mol. The van der Waals surface area contributed by atoms with Crippen molar-refractivity contribution in [3.63, 3.8) is 0 Å². The van der Waals surface area contributed by atoms with E-state index in [1.807, 2.05) is 6.07 Å². The van der Waals surface area contributed by atoms with Gasteiger partial charge in [-0.1, -0.05) is 30.3 Å². The van der Waals surface area contributed by atoms with Crippen molar-refractivity contribution in [3.05, 3.63) is 35.9 Å². The number of carboxylic acid groups (broad SMARTS) is 1. The zero-order valence-electron chi connectivity index (χ0n) is 10.8. The molecule has 4 heteroatoms. The third kappa shape index (κ3) is 3.35. The molecule has 1 aromatic rings. The Balaban J connectivity index is 3.13. The maximum atomic E-state index is 12.0. The van der Waals surface area contributed by atoms with Gasteiger partial charge in [0.25, 0.3) is 0 Å². The number of carboxylic acids is 1. The van der Waals surface area contributed by atoms with Crippen LogP contribution in [0.2, 0.25) is 0 Å². The maximum absolute atomic E-state index is 12.0. The number of hydrogen-bond donors (Lipinski definition) is 1. The van der Waals surface area contributed by atoms with Crippen LogP contribution in [0.3, 0.4) is 0 Å². The molecule has 1 aromatic carbocycles. The molecule has 1 unspecified atom stereocenters. The van der Waals surface area contributed by atoms with Gasteiger partial charge in [0.2, 0.25) is 0 Å². The van der Waals surface area contributed by atoms with E-state index in [0.29, 0.717) is 0 Å². The third-order valence-corrected chi connectivity index (χ3v) is 2.83. The standard InChI is InChI=1S/C15H16O4/c1-3-10-15(13(16)17,14(18)19-4-2)11-12-8-6-5-7-9-12/h1,5-9H,4,10-11H2,2H3,(H,16,17). The minimum absolute atomic E-state index is 0.0200. The van der Waals surface area contributed by atoms with Crippen molar-refractivity contribution in [1.82, 2.24) is 0 Å². The number of aliphatic carboxylic acids is 1. The second-order valence-corrected chi connectivity index (χ2v) is 4.15. The highest BCUT2D eigenvalue weighted by atomic mass is 16.5. The Bertz CT molecular complexity index is 487. The van der Waals surface area contributed by atoms with Gasteiger partial charge in [-0.2, -0.15) is 0 Å². The molecule has 0 saturated heterocycles. The minimum Gasteiger partial charge on any atom is -0.480 e. The molecule has 0 aliphatic heterocycles. The number of carbonyl (C=O) groups is 2. The predicted molar refractivity (Wildman–Crippen MR) is 70.3 cm³/mol. The summed E-state index contributed by atoms with van der Waals surface area (Å²) in [6, 6.07) is 8.89. The Labute approximate surface area is 112 Å². The SMILES string of the molecule is C#CCC(Cc1ccccc1)(C(=O)O)C(=O)OCC. The fraction of sp³-hybridized carbons (Fsp3) is 0.333. The smallest absolute Gasteiger partial charge is 0.324 e. The van der Waals surface area contributed by atoms with Crippen LogP contribution in [0.25, 0.3) is 0 Å². The zero-order valence-corrected chi connectivity index (χ0v) is 10.8. The van der Waals surface area contributed by atoms with E-state index in [1.165, 1.54) is 0 Å². The molecule has 0 aromatic heterocycles. The number of esters is 1. The molecule has 0 spiro atoms. The second kappa shape index (κ2) is 6.60. The lowest BCUT2D eigenvalue weighted by Gasteiger charge is -2.25. The third-order valence-electron chi connectivity index (χ3n) is 2.83. The fourth-order valence-corrected chi connectivity index (χ4v) is 1.83. The minimum atomic E-state index is -1.72. The molecular formula is C15H16O4. The van der Waals surface area contributed by atoms with E-state index >= 15 is 0 Å². The largest absolute Gasteiger partial charge is 0.480 e. The van der Waals surface area contributed by atoms with Crippen LogP contribution in [0.4, 0.5) is 0 Å². The molecule has 1 rings (SSSR count). The zero-order chi connectivity index (χ0) is 14.3. The van der Waals surface area contributed by atoms with Gasteiger partial charge in [0.1, 0.15) is 0 Å². The highest BCUT2D eigenvalue weighted by molar-refractivity contribution is 5.99. The summed E-state index contributed by atoms with van der Waals surface area (Å²) in [5, 5.41) is 9.42. The molecule has 0 radical (unpaired) electrons. The molecule has 0 aliphatic rings. The normalized spacial score (nSPS) is 13.1. The second-order valence-electron chi connectivity index (χ2n) is 4.15. The van der Waals surface area contributed by atoms with Gasteiger partial charge in [-0.15, -0.1) is 12.3 Å². The Morgan fingerprint density at radius 2 is 2.00 bits per heavy atom. The molecule has 0 saturated carbocycles. The van der Waals surface area contributed by atoms with Crippen LogP contribution in [0.5, 0.6) is 0 Å². The van der Waals surface area contributed by atoms with Gasteiger partial charge in [-0.25, -0.2) is 0 Å². The van der Waals surface area contributed by atoms with E-state index in [0.717, 1.165) is 5.56 Å². The van der Waals surface area contributed by atoms with Gasteiger partial charge in [0, 0.05) is 12.8 Å². The van der Waals surface area contributed by atoms with Crippen LogP contribution < -0.4 is 0 Å². The van der Waals surface area contributed by atoms with Gasteiger partial charge in [0.15, 0.2) is 5.41 Å². The van der Waals surface area contributed by atoms with E-state index in [1.54, 1.807) is 31.2 Å². The quantitative estimate of drug-likeness (QED) is 0.482. The van der Waals surface area contributed by atoms with E-state index < -0.39 is 17.4 Å². The molecule has 0 amide bonds. The van der Waals surface area contributed by atoms with Crippen molar-refractivity contribution in [2.45, 2.75) is 19.8 Å². The first-order chi connectivity index (χ1) is 9.06. The summed E-state index contributed by atoms with van der Waals surface area (Å²) in [6.45, 7) is 1.75. The monoisotopic (exact) mass is 260 g/mol. The molecule has 0 aliphatic carbocycles. The Morgan fingerprint density at radius 1 is 1.37 bits per heavy atom.